The first-order valence-corrected chi connectivity index (χ1v) is 4.84. The third-order valence-corrected chi connectivity index (χ3v) is 3.59. The standard InChI is InChI=1S/C8H6Br2F2/c1-3-5(9)7(11)4(2)8(12)6(3)10/h1-2H3. The van der Waals surface area contributed by atoms with Gasteiger partial charge in [0, 0.05) is 5.56 Å². The van der Waals surface area contributed by atoms with Crippen LogP contribution >= 0.6 is 31.9 Å². The fourth-order valence-corrected chi connectivity index (χ4v) is 2.11. The van der Waals surface area contributed by atoms with Gasteiger partial charge in [-0.1, -0.05) is 0 Å². The summed E-state index contributed by atoms with van der Waals surface area (Å²) in [6.07, 6.45) is 0. The summed E-state index contributed by atoms with van der Waals surface area (Å²) in [7, 11) is 0. The Bertz CT molecular complexity index is 229. The predicted octanol–water partition coefficient (Wildman–Crippen LogP) is 4.11. The zero-order valence-electron chi connectivity index (χ0n) is 6.51. The highest BCUT2D eigenvalue weighted by atomic mass is 79.9. The SMILES string of the molecule is Cc1c(F)c(Br)c(C)c(Br)c1F. The van der Waals surface area contributed by atoms with E-state index in [1.165, 1.54) is 6.92 Å². The highest BCUT2D eigenvalue weighted by molar-refractivity contribution is 9.11. The molecule has 0 radical (unpaired) electrons. The highest BCUT2D eigenvalue weighted by Gasteiger charge is 2.16. The molecule has 0 saturated carbocycles. The van der Waals surface area contributed by atoms with Gasteiger partial charge in [-0.05, 0) is 51.3 Å². The molecule has 0 aliphatic carbocycles. The van der Waals surface area contributed by atoms with E-state index in [9.17, 15) is 8.78 Å². The summed E-state index contributed by atoms with van der Waals surface area (Å²) in [6, 6.07) is 0. The Morgan fingerprint density at radius 1 is 0.833 bits per heavy atom. The molecule has 0 aliphatic rings. The number of hydrogen-bond acceptors (Lipinski definition) is 0. The van der Waals surface area contributed by atoms with Crippen molar-refractivity contribution >= 4 is 31.9 Å². The van der Waals surface area contributed by atoms with Crippen LogP contribution in [0.25, 0.3) is 0 Å². The van der Waals surface area contributed by atoms with E-state index in [1.807, 2.05) is 0 Å². The van der Waals surface area contributed by atoms with Crippen molar-refractivity contribution in [1.29, 1.82) is 0 Å². The van der Waals surface area contributed by atoms with Gasteiger partial charge in [-0.15, -0.1) is 0 Å². The predicted molar refractivity (Wildman–Crippen MR) is 51.2 cm³/mol. The van der Waals surface area contributed by atoms with Crippen LogP contribution in [-0.4, -0.2) is 0 Å². The monoisotopic (exact) mass is 298 g/mol. The topological polar surface area (TPSA) is 0 Å². The molecule has 0 aromatic heterocycles. The Kier molecular flexibility index (Phi) is 2.88. The smallest absolute Gasteiger partial charge is 0.143 e. The van der Waals surface area contributed by atoms with E-state index in [2.05, 4.69) is 31.9 Å². The second kappa shape index (κ2) is 3.42. The Balaban J connectivity index is 3.60. The minimum absolute atomic E-state index is 0.0272. The van der Waals surface area contributed by atoms with Gasteiger partial charge in [-0.2, -0.15) is 0 Å². The van der Waals surface area contributed by atoms with Crippen LogP contribution in [0.3, 0.4) is 0 Å². The molecule has 1 aromatic carbocycles. The fraction of sp³-hybridized carbons (Fsp3) is 0.250. The molecule has 0 heterocycles. The van der Waals surface area contributed by atoms with Gasteiger partial charge in [0.25, 0.3) is 0 Å². The maximum atomic E-state index is 13.1. The van der Waals surface area contributed by atoms with Gasteiger partial charge in [0.1, 0.15) is 11.6 Å². The first-order chi connectivity index (χ1) is 5.46. The second-order valence-electron chi connectivity index (χ2n) is 2.51. The molecule has 66 valence electrons. The largest absolute Gasteiger partial charge is 0.205 e. The maximum Gasteiger partial charge on any atom is 0.143 e. The van der Waals surface area contributed by atoms with Crippen molar-refractivity contribution in [3.63, 3.8) is 0 Å². The van der Waals surface area contributed by atoms with Gasteiger partial charge in [-0.25, -0.2) is 8.78 Å². The Labute approximate surface area is 86.2 Å². The minimum atomic E-state index is -0.534. The minimum Gasteiger partial charge on any atom is -0.205 e. The van der Waals surface area contributed by atoms with Crippen molar-refractivity contribution in [2.24, 2.45) is 0 Å². The van der Waals surface area contributed by atoms with Crippen LogP contribution in [0.1, 0.15) is 11.1 Å². The van der Waals surface area contributed by atoms with Crippen molar-refractivity contribution in [2.75, 3.05) is 0 Å². The van der Waals surface area contributed by atoms with E-state index in [0.717, 1.165) is 0 Å². The van der Waals surface area contributed by atoms with Crippen molar-refractivity contribution < 1.29 is 8.78 Å². The first-order valence-electron chi connectivity index (χ1n) is 3.26. The molecule has 0 unspecified atom stereocenters. The zero-order valence-corrected chi connectivity index (χ0v) is 9.68. The third-order valence-electron chi connectivity index (χ3n) is 1.70. The Hall–Kier alpha value is 0.0400. The normalized spacial score (nSPS) is 10.5. The van der Waals surface area contributed by atoms with E-state index < -0.39 is 11.6 Å². The lowest BCUT2D eigenvalue weighted by Gasteiger charge is -2.07. The van der Waals surface area contributed by atoms with Gasteiger partial charge < -0.3 is 0 Å². The number of benzene rings is 1. The molecule has 0 spiro atoms. The molecule has 0 aliphatic heterocycles. The van der Waals surface area contributed by atoms with Crippen LogP contribution in [0.4, 0.5) is 8.78 Å². The molecule has 0 N–H and O–H groups in total. The molecular weight excluding hydrogens is 294 g/mol. The van der Waals surface area contributed by atoms with Crippen molar-refractivity contribution in [2.45, 2.75) is 13.8 Å². The lowest BCUT2D eigenvalue weighted by Crippen LogP contribution is -1.95. The fourth-order valence-electron chi connectivity index (χ4n) is 0.851. The molecular formula is C8H6Br2F2. The second-order valence-corrected chi connectivity index (χ2v) is 4.09. The summed E-state index contributed by atoms with van der Waals surface area (Å²) in [5.74, 6) is -1.07. The average Bonchev–Trinajstić information content (AvgIpc) is 2.08. The molecule has 0 saturated heterocycles. The lowest BCUT2D eigenvalue weighted by atomic mass is 10.1. The molecule has 0 nitrogen and oxygen atoms in total. The van der Waals surface area contributed by atoms with Crippen LogP contribution in [0.15, 0.2) is 8.95 Å². The summed E-state index contributed by atoms with van der Waals surface area (Å²) in [5, 5.41) is 0. The van der Waals surface area contributed by atoms with Crippen molar-refractivity contribution in [3.05, 3.63) is 31.7 Å². The Morgan fingerprint density at radius 2 is 1.17 bits per heavy atom. The highest BCUT2D eigenvalue weighted by Crippen LogP contribution is 2.32. The van der Waals surface area contributed by atoms with Crippen LogP contribution in [0.2, 0.25) is 0 Å². The third kappa shape index (κ3) is 1.42. The molecule has 1 rings (SSSR count). The molecule has 1 aromatic rings. The van der Waals surface area contributed by atoms with Crippen molar-refractivity contribution in [1.82, 2.24) is 0 Å². The van der Waals surface area contributed by atoms with E-state index in [0.29, 0.717) is 14.5 Å². The molecule has 0 bridgehead atoms. The van der Waals surface area contributed by atoms with E-state index in [4.69, 9.17) is 0 Å². The molecule has 0 fully saturated rings. The average molecular weight is 300 g/mol. The molecule has 0 amide bonds. The quantitative estimate of drug-likeness (QED) is 0.633. The Morgan fingerprint density at radius 3 is 1.50 bits per heavy atom. The summed E-state index contributed by atoms with van der Waals surface area (Å²) in [6.45, 7) is 3.04. The summed E-state index contributed by atoms with van der Waals surface area (Å²) < 4.78 is 26.9. The summed E-state index contributed by atoms with van der Waals surface area (Å²) in [5.41, 5.74) is 0.565. The van der Waals surface area contributed by atoms with Gasteiger partial charge in [-0.3, -0.25) is 0 Å². The number of rotatable bonds is 0. The van der Waals surface area contributed by atoms with Gasteiger partial charge in [0.15, 0.2) is 0 Å². The maximum absolute atomic E-state index is 13.1. The molecule has 12 heavy (non-hydrogen) atoms. The number of hydrogen-bond donors (Lipinski definition) is 0. The van der Waals surface area contributed by atoms with E-state index in [1.54, 1.807) is 6.92 Å². The molecule has 4 heteroatoms. The summed E-state index contributed by atoms with van der Waals surface area (Å²) >= 11 is 6.09. The van der Waals surface area contributed by atoms with Gasteiger partial charge in [0.2, 0.25) is 0 Å². The first kappa shape index (κ1) is 10.1. The van der Waals surface area contributed by atoms with E-state index in [-0.39, 0.29) is 5.56 Å². The van der Waals surface area contributed by atoms with E-state index >= 15 is 0 Å². The molecule has 0 atom stereocenters. The van der Waals surface area contributed by atoms with Crippen molar-refractivity contribution in [3.8, 4) is 0 Å². The summed E-state index contributed by atoms with van der Waals surface area (Å²) in [4.78, 5) is 0. The number of halogens is 4. The lowest BCUT2D eigenvalue weighted by molar-refractivity contribution is 0.557. The van der Waals surface area contributed by atoms with Crippen LogP contribution in [-0.2, 0) is 0 Å². The van der Waals surface area contributed by atoms with Gasteiger partial charge >= 0.3 is 0 Å². The van der Waals surface area contributed by atoms with Gasteiger partial charge in [0.05, 0.1) is 8.95 Å². The van der Waals surface area contributed by atoms with Crippen LogP contribution in [0, 0.1) is 25.5 Å². The zero-order chi connectivity index (χ0) is 9.46. The van der Waals surface area contributed by atoms with Crippen LogP contribution in [0.5, 0.6) is 0 Å². The van der Waals surface area contributed by atoms with Crippen LogP contribution < -0.4 is 0 Å².